The lowest BCUT2D eigenvalue weighted by Gasteiger charge is -2.37. The van der Waals surface area contributed by atoms with Crippen molar-refractivity contribution in [3.63, 3.8) is 0 Å². The number of carbonyl (C=O) groups excluding carboxylic acids is 1. The predicted molar refractivity (Wildman–Crippen MR) is 113 cm³/mol. The third kappa shape index (κ3) is 3.09. The van der Waals surface area contributed by atoms with E-state index in [1.807, 2.05) is 53.4 Å². The summed E-state index contributed by atoms with van der Waals surface area (Å²) in [5, 5.41) is 0.657. The molecule has 4 nitrogen and oxygen atoms in total. The molecular weight excluding hydrogens is 435 g/mol. The molecule has 1 atom stereocenters. The zero-order chi connectivity index (χ0) is 20.0. The van der Waals surface area contributed by atoms with Crippen molar-refractivity contribution in [2.45, 2.75) is 12.6 Å². The Balaban J connectivity index is 1.67. The van der Waals surface area contributed by atoms with Gasteiger partial charge >= 0.3 is 5.97 Å². The number of esters is 1. The molecule has 5 rings (SSSR count). The number of H-pyrrole nitrogens is 1. The summed E-state index contributed by atoms with van der Waals surface area (Å²) in [6.45, 7) is 0.517. The molecule has 1 N–H and O–H groups in total. The first-order valence-corrected chi connectivity index (χ1v) is 9.98. The van der Waals surface area contributed by atoms with Gasteiger partial charge in [0.15, 0.2) is 11.8 Å². The van der Waals surface area contributed by atoms with Crippen LogP contribution in [-0.4, -0.2) is 11.0 Å². The van der Waals surface area contributed by atoms with E-state index in [1.165, 1.54) is 6.07 Å². The second-order valence-electron chi connectivity index (χ2n) is 6.96. The number of benzene rings is 3. The lowest BCUT2D eigenvalue weighted by molar-refractivity contribution is -0.136. The van der Waals surface area contributed by atoms with Crippen LogP contribution in [0.25, 0.3) is 10.9 Å². The first-order chi connectivity index (χ1) is 14.1. The maximum absolute atomic E-state index is 14.3. The molecule has 4 aromatic rings. The minimum absolute atomic E-state index is 0.371. The van der Waals surface area contributed by atoms with Crippen molar-refractivity contribution in [2.24, 2.45) is 0 Å². The van der Waals surface area contributed by atoms with Crippen molar-refractivity contribution < 1.29 is 13.9 Å². The maximum atomic E-state index is 14.3. The number of carbonyl (C=O) groups is 1. The van der Waals surface area contributed by atoms with Crippen molar-refractivity contribution in [1.29, 1.82) is 0 Å². The zero-order valence-electron chi connectivity index (χ0n) is 15.2. The fourth-order valence-electron chi connectivity index (χ4n) is 3.83. The molecule has 0 aliphatic carbocycles. The van der Waals surface area contributed by atoms with E-state index in [1.54, 1.807) is 18.3 Å². The second-order valence-corrected chi connectivity index (χ2v) is 7.82. The molecule has 1 aliphatic rings. The summed E-state index contributed by atoms with van der Waals surface area (Å²) in [5.41, 5.74) is 3.32. The van der Waals surface area contributed by atoms with Crippen LogP contribution in [0.4, 0.5) is 10.1 Å². The van der Waals surface area contributed by atoms with Crippen LogP contribution in [0.15, 0.2) is 77.4 Å². The van der Waals surface area contributed by atoms with Crippen LogP contribution in [0.3, 0.4) is 0 Å². The van der Waals surface area contributed by atoms with Crippen molar-refractivity contribution in [3.8, 4) is 5.75 Å². The van der Waals surface area contributed by atoms with E-state index < -0.39 is 6.04 Å². The van der Waals surface area contributed by atoms with Gasteiger partial charge in [-0.05, 0) is 45.8 Å². The van der Waals surface area contributed by atoms with E-state index in [0.717, 1.165) is 16.8 Å². The lowest BCUT2D eigenvalue weighted by atomic mass is 10.0. The number of ether oxygens (including phenoxy) is 1. The molecule has 29 heavy (non-hydrogen) atoms. The fraction of sp³-hybridized carbons (Fsp3) is 0.0870. The molecular formula is C23H16BrFN2O2. The van der Waals surface area contributed by atoms with Crippen molar-refractivity contribution in [1.82, 2.24) is 4.98 Å². The summed E-state index contributed by atoms with van der Waals surface area (Å²) in [5.74, 6) is -0.236. The molecule has 6 heteroatoms. The summed E-state index contributed by atoms with van der Waals surface area (Å²) in [4.78, 5) is 18.2. The van der Waals surface area contributed by atoms with Crippen molar-refractivity contribution >= 4 is 38.5 Å². The van der Waals surface area contributed by atoms with Crippen LogP contribution in [0.1, 0.15) is 17.2 Å². The molecule has 0 saturated carbocycles. The van der Waals surface area contributed by atoms with Gasteiger partial charge in [0.2, 0.25) is 0 Å². The fourth-order valence-corrected chi connectivity index (χ4v) is 4.17. The third-order valence-electron chi connectivity index (χ3n) is 5.17. The Morgan fingerprint density at radius 1 is 1.07 bits per heavy atom. The van der Waals surface area contributed by atoms with Crippen LogP contribution in [0.5, 0.6) is 5.75 Å². The van der Waals surface area contributed by atoms with E-state index in [-0.39, 0.29) is 11.8 Å². The van der Waals surface area contributed by atoms with Gasteiger partial charge in [0.25, 0.3) is 0 Å². The number of para-hydroxylation sites is 2. The molecule has 0 amide bonds. The Morgan fingerprint density at radius 2 is 1.83 bits per heavy atom. The van der Waals surface area contributed by atoms with Gasteiger partial charge in [-0.2, -0.15) is 0 Å². The summed E-state index contributed by atoms with van der Waals surface area (Å²) in [6.07, 6.45) is 1.76. The quantitative estimate of drug-likeness (QED) is 0.319. The number of nitrogens with one attached hydrogen (secondary N) is 1. The minimum atomic E-state index is -0.695. The molecule has 3 aromatic carbocycles. The number of anilines is 1. The highest BCUT2D eigenvalue weighted by atomic mass is 79.9. The molecule has 2 heterocycles. The van der Waals surface area contributed by atoms with Gasteiger partial charge < -0.3 is 14.6 Å². The molecule has 0 saturated heterocycles. The number of nitrogens with zero attached hydrogens (tertiary/aromatic N) is 1. The van der Waals surface area contributed by atoms with Crippen molar-refractivity contribution in [3.05, 3.63) is 94.3 Å². The standard InChI is InChI=1S/C23H16BrFN2O2/c24-17-11-19-15(10-18(17)25)16(12-26-19)22-23(28)29-21-9-5-4-8-20(21)27(22)13-14-6-2-1-3-7-14/h1-12,22,26H,13H2. The van der Waals surface area contributed by atoms with E-state index in [0.29, 0.717) is 27.7 Å². The molecule has 1 unspecified atom stereocenters. The first kappa shape index (κ1) is 17.9. The Hall–Kier alpha value is -3.12. The molecule has 1 aromatic heterocycles. The number of halogens is 2. The topological polar surface area (TPSA) is 45.3 Å². The smallest absolute Gasteiger partial charge is 0.339 e. The van der Waals surface area contributed by atoms with Gasteiger partial charge in [-0.15, -0.1) is 0 Å². The number of hydrogen-bond acceptors (Lipinski definition) is 3. The van der Waals surface area contributed by atoms with Gasteiger partial charge in [0.1, 0.15) is 5.82 Å². The van der Waals surface area contributed by atoms with E-state index in [9.17, 15) is 9.18 Å². The highest BCUT2D eigenvalue weighted by molar-refractivity contribution is 9.10. The number of aromatic amines is 1. The van der Waals surface area contributed by atoms with Gasteiger partial charge in [-0.25, -0.2) is 9.18 Å². The van der Waals surface area contributed by atoms with Gasteiger partial charge in [0.05, 0.1) is 10.2 Å². The Bertz CT molecular complexity index is 1220. The van der Waals surface area contributed by atoms with Crippen LogP contribution in [-0.2, 0) is 11.3 Å². The van der Waals surface area contributed by atoms with Gasteiger partial charge in [-0.1, -0.05) is 42.5 Å². The number of aromatic nitrogens is 1. The number of rotatable bonds is 3. The Labute approximate surface area is 175 Å². The molecule has 144 valence electrons. The number of hydrogen-bond donors (Lipinski definition) is 1. The largest absolute Gasteiger partial charge is 0.423 e. The third-order valence-corrected chi connectivity index (χ3v) is 5.77. The monoisotopic (exact) mass is 450 g/mol. The highest BCUT2D eigenvalue weighted by Crippen LogP contribution is 2.43. The normalized spacial score (nSPS) is 16.0. The lowest BCUT2D eigenvalue weighted by Crippen LogP contribution is -2.40. The molecule has 0 spiro atoms. The van der Waals surface area contributed by atoms with Gasteiger partial charge in [-0.3, -0.25) is 0 Å². The van der Waals surface area contributed by atoms with Crippen LogP contribution >= 0.6 is 15.9 Å². The van der Waals surface area contributed by atoms with Gasteiger partial charge in [0, 0.05) is 29.2 Å². The summed E-state index contributed by atoms with van der Waals surface area (Å²) >= 11 is 3.21. The van der Waals surface area contributed by atoms with E-state index >= 15 is 0 Å². The Morgan fingerprint density at radius 3 is 2.66 bits per heavy atom. The van der Waals surface area contributed by atoms with Crippen LogP contribution in [0, 0.1) is 5.82 Å². The summed E-state index contributed by atoms with van der Waals surface area (Å²) < 4.78 is 20.3. The molecule has 1 aliphatic heterocycles. The molecule has 0 bridgehead atoms. The van der Waals surface area contributed by atoms with Crippen LogP contribution in [0.2, 0.25) is 0 Å². The van der Waals surface area contributed by atoms with E-state index in [4.69, 9.17) is 4.74 Å². The molecule has 0 fully saturated rings. The van der Waals surface area contributed by atoms with Crippen molar-refractivity contribution in [2.75, 3.05) is 4.90 Å². The second kappa shape index (κ2) is 7.04. The van der Waals surface area contributed by atoms with E-state index in [2.05, 4.69) is 20.9 Å². The summed E-state index contributed by atoms with van der Waals surface area (Å²) in [6, 6.07) is 19.8. The maximum Gasteiger partial charge on any atom is 0.339 e. The Kier molecular flexibility index (Phi) is 4.36. The average molecular weight is 451 g/mol. The summed E-state index contributed by atoms with van der Waals surface area (Å²) in [7, 11) is 0. The number of fused-ring (bicyclic) bond motifs is 2. The first-order valence-electron chi connectivity index (χ1n) is 9.19. The molecule has 0 radical (unpaired) electrons. The van der Waals surface area contributed by atoms with Crippen LogP contribution < -0.4 is 9.64 Å². The SMILES string of the molecule is O=C1Oc2ccccc2N(Cc2ccccc2)C1c1c[nH]c2cc(Br)c(F)cc12. The highest BCUT2D eigenvalue weighted by Gasteiger charge is 2.37. The zero-order valence-corrected chi connectivity index (χ0v) is 16.8. The average Bonchev–Trinajstić information content (AvgIpc) is 3.11. The minimum Gasteiger partial charge on any atom is -0.423 e. The predicted octanol–water partition coefficient (Wildman–Crippen LogP) is 5.74.